The minimum Gasteiger partial charge on any atom is -0.493 e. The van der Waals surface area contributed by atoms with Gasteiger partial charge in [-0.15, -0.1) is 0 Å². The fraction of sp³-hybridized carbons (Fsp3) is 0.538. The van der Waals surface area contributed by atoms with Crippen LogP contribution in [0.1, 0.15) is 32.3 Å². The summed E-state index contributed by atoms with van der Waals surface area (Å²) in [7, 11) is 0. The summed E-state index contributed by atoms with van der Waals surface area (Å²) < 4.78 is 18.7. The van der Waals surface area contributed by atoms with E-state index in [0.717, 1.165) is 0 Å². The molecule has 0 radical (unpaired) electrons. The Balaban J connectivity index is 2.20. The molecule has 3 heteroatoms. The zero-order chi connectivity index (χ0) is 11.8. The molecule has 16 heavy (non-hydrogen) atoms. The van der Waals surface area contributed by atoms with E-state index in [9.17, 15) is 9.50 Å². The lowest BCUT2D eigenvalue weighted by Gasteiger charge is -2.21. The molecule has 1 aliphatic rings. The number of rotatable bonds is 4. The quantitative estimate of drug-likeness (QED) is 0.852. The fourth-order valence-electron chi connectivity index (χ4n) is 1.60. The molecule has 0 heterocycles. The first-order valence-corrected chi connectivity index (χ1v) is 5.62. The van der Waals surface area contributed by atoms with Gasteiger partial charge in [-0.2, -0.15) is 0 Å². The van der Waals surface area contributed by atoms with Crippen molar-refractivity contribution in [3.05, 3.63) is 29.6 Å². The molecular formula is C13H17FO2. The molecule has 0 saturated heterocycles. The maximum Gasteiger partial charge on any atom is 0.125 e. The van der Waals surface area contributed by atoms with Gasteiger partial charge in [0.15, 0.2) is 0 Å². The third-order valence-corrected chi connectivity index (χ3v) is 2.77. The van der Waals surface area contributed by atoms with Crippen LogP contribution in [-0.2, 0) is 5.60 Å². The van der Waals surface area contributed by atoms with Gasteiger partial charge in [0.25, 0.3) is 0 Å². The van der Waals surface area contributed by atoms with Gasteiger partial charge >= 0.3 is 0 Å². The highest BCUT2D eigenvalue weighted by Crippen LogP contribution is 2.33. The summed E-state index contributed by atoms with van der Waals surface area (Å²) in [5.74, 6) is 0.872. The Hall–Kier alpha value is -1.09. The molecular weight excluding hydrogens is 207 g/mol. The Morgan fingerprint density at radius 1 is 1.44 bits per heavy atom. The van der Waals surface area contributed by atoms with E-state index in [0.29, 0.717) is 23.8 Å². The Kier molecular flexibility index (Phi) is 2.89. The first-order chi connectivity index (χ1) is 7.47. The summed E-state index contributed by atoms with van der Waals surface area (Å²) >= 11 is 0. The molecule has 0 atom stereocenters. The van der Waals surface area contributed by atoms with Crippen molar-refractivity contribution < 1.29 is 14.2 Å². The van der Waals surface area contributed by atoms with E-state index in [1.807, 2.05) is 0 Å². The summed E-state index contributed by atoms with van der Waals surface area (Å²) in [5, 5.41) is 9.93. The van der Waals surface area contributed by atoms with Gasteiger partial charge in [-0.3, -0.25) is 0 Å². The van der Waals surface area contributed by atoms with Gasteiger partial charge in [0, 0.05) is 5.56 Å². The Labute approximate surface area is 95.1 Å². The molecule has 0 unspecified atom stereocenters. The van der Waals surface area contributed by atoms with E-state index in [2.05, 4.69) is 0 Å². The Bertz CT molecular complexity index is 378. The molecule has 0 spiro atoms. The van der Waals surface area contributed by atoms with E-state index in [1.54, 1.807) is 19.9 Å². The highest BCUT2D eigenvalue weighted by molar-refractivity contribution is 5.37. The molecule has 0 bridgehead atoms. The summed E-state index contributed by atoms with van der Waals surface area (Å²) in [6.07, 6.45) is 2.41. The lowest BCUT2D eigenvalue weighted by molar-refractivity contribution is 0.0741. The van der Waals surface area contributed by atoms with Crippen LogP contribution in [0.4, 0.5) is 4.39 Å². The minimum atomic E-state index is -1.08. The van der Waals surface area contributed by atoms with Crippen molar-refractivity contribution in [3.63, 3.8) is 0 Å². The van der Waals surface area contributed by atoms with Gasteiger partial charge in [0.05, 0.1) is 12.2 Å². The fourth-order valence-corrected chi connectivity index (χ4v) is 1.60. The number of ether oxygens (including phenoxy) is 1. The van der Waals surface area contributed by atoms with Gasteiger partial charge < -0.3 is 9.84 Å². The lowest BCUT2D eigenvalue weighted by atomic mass is 9.97. The molecule has 1 aromatic rings. The molecule has 2 nitrogen and oxygen atoms in total. The molecule has 0 aromatic heterocycles. The molecule has 0 amide bonds. The zero-order valence-corrected chi connectivity index (χ0v) is 9.66. The SMILES string of the molecule is CC(C)(O)c1cc(F)ccc1OCC1CC1. The first-order valence-electron chi connectivity index (χ1n) is 5.62. The molecule has 88 valence electrons. The van der Waals surface area contributed by atoms with Crippen LogP contribution in [0.5, 0.6) is 5.75 Å². The van der Waals surface area contributed by atoms with Crippen molar-refractivity contribution in [1.29, 1.82) is 0 Å². The largest absolute Gasteiger partial charge is 0.493 e. The van der Waals surface area contributed by atoms with E-state index in [-0.39, 0.29) is 5.82 Å². The smallest absolute Gasteiger partial charge is 0.125 e. The molecule has 1 aromatic carbocycles. The van der Waals surface area contributed by atoms with Crippen molar-refractivity contribution in [2.75, 3.05) is 6.61 Å². The second-order valence-electron chi connectivity index (χ2n) is 4.95. The van der Waals surface area contributed by atoms with Crippen LogP contribution in [0.15, 0.2) is 18.2 Å². The normalized spacial score (nSPS) is 16.2. The van der Waals surface area contributed by atoms with E-state index in [4.69, 9.17) is 4.74 Å². The number of halogens is 1. The van der Waals surface area contributed by atoms with Crippen molar-refractivity contribution in [2.45, 2.75) is 32.3 Å². The van der Waals surface area contributed by atoms with Crippen molar-refractivity contribution >= 4 is 0 Å². The average Bonchev–Trinajstić information content (AvgIpc) is 2.98. The Morgan fingerprint density at radius 3 is 2.69 bits per heavy atom. The number of hydrogen-bond donors (Lipinski definition) is 1. The third-order valence-electron chi connectivity index (χ3n) is 2.77. The van der Waals surface area contributed by atoms with Crippen molar-refractivity contribution in [2.24, 2.45) is 5.92 Å². The highest BCUT2D eigenvalue weighted by Gasteiger charge is 2.25. The van der Waals surface area contributed by atoms with Gasteiger partial charge in [0.2, 0.25) is 0 Å². The zero-order valence-electron chi connectivity index (χ0n) is 9.66. The minimum absolute atomic E-state index is 0.351. The van der Waals surface area contributed by atoms with Gasteiger partial charge in [0.1, 0.15) is 11.6 Å². The summed E-state index contributed by atoms with van der Waals surface area (Å²) in [4.78, 5) is 0. The van der Waals surface area contributed by atoms with E-state index >= 15 is 0 Å². The highest BCUT2D eigenvalue weighted by atomic mass is 19.1. The average molecular weight is 224 g/mol. The lowest BCUT2D eigenvalue weighted by Crippen LogP contribution is -2.18. The van der Waals surface area contributed by atoms with Gasteiger partial charge in [-0.05, 0) is 50.8 Å². The number of aliphatic hydroxyl groups is 1. The third kappa shape index (κ3) is 2.73. The molecule has 1 saturated carbocycles. The molecule has 1 aliphatic carbocycles. The van der Waals surface area contributed by atoms with Crippen molar-refractivity contribution in [1.82, 2.24) is 0 Å². The van der Waals surface area contributed by atoms with Crippen LogP contribution >= 0.6 is 0 Å². The number of hydrogen-bond acceptors (Lipinski definition) is 2. The Morgan fingerprint density at radius 2 is 2.12 bits per heavy atom. The molecule has 2 rings (SSSR count). The van der Waals surface area contributed by atoms with Crippen LogP contribution in [-0.4, -0.2) is 11.7 Å². The van der Waals surface area contributed by atoms with Crippen LogP contribution in [0.3, 0.4) is 0 Å². The van der Waals surface area contributed by atoms with Gasteiger partial charge in [-0.25, -0.2) is 4.39 Å². The van der Waals surface area contributed by atoms with Crippen LogP contribution < -0.4 is 4.74 Å². The predicted octanol–water partition coefficient (Wildman–Crippen LogP) is 2.84. The monoisotopic (exact) mass is 224 g/mol. The summed E-state index contributed by atoms with van der Waals surface area (Å²) in [6, 6.07) is 4.28. The molecule has 0 aliphatic heterocycles. The maximum absolute atomic E-state index is 13.1. The van der Waals surface area contributed by atoms with Crippen molar-refractivity contribution in [3.8, 4) is 5.75 Å². The van der Waals surface area contributed by atoms with Crippen LogP contribution in [0.2, 0.25) is 0 Å². The predicted molar refractivity (Wildman–Crippen MR) is 59.9 cm³/mol. The van der Waals surface area contributed by atoms with Gasteiger partial charge in [-0.1, -0.05) is 0 Å². The first kappa shape index (κ1) is 11.4. The van der Waals surface area contributed by atoms with E-state index < -0.39 is 5.60 Å². The van der Waals surface area contributed by atoms with E-state index in [1.165, 1.54) is 25.0 Å². The molecule has 1 fully saturated rings. The van der Waals surface area contributed by atoms with Crippen LogP contribution in [0.25, 0.3) is 0 Å². The molecule has 1 N–H and O–H groups in total. The maximum atomic E-state index is 13.1. The second-order valence-corrected chi connectivity index (χ2v) is 4.95. The summed E-state index contributed by atoms with van der Waals surface area (Å²) in [5.41, 5.74) is -0.575. The van der Waals surface area contributed by atoms with Crippen LogP contribution in [0, 0.1) is 11.7 Å². The standard InChI is InChI=1S/C13H17FO2/c1-13(2,15)11-7-10(14)5-6-12(11)16-8-9-3-4-9/h5-7,9,15H,3-4,8H2,1-2H3. The topological polar surface area (TPSA) is 29.5 Å². The summed E-state index contributed by atoms with van der Waals surface area (Å²) in [6.45, 7) is 3.92. The second kappa shape index (κ2) is 4.06. The number of benzene rings is 1.